The summed E-state index contributed by atoms with van der Waals surface area (Å²) >= 11 is 1.69. The number of hydrogen-bond acceptors (Lipinski definition) is 5. The van der Waals surface area contributed by atoms with E-state index >= 15 is 0 Å². The van der Waals surface area contributed by atoms with Gasteiger partial charge in [-0.05, 0) is 29.5 Å². The number of ether oxygens (including phenoxy) is 1. The molecule has 1 aliphatic heterocycles. The highest BCUT2D eigenvalue weighted by Gasteiger charge is 2.25. The fraction of sp³-hybridized carbons (Fsp3) is 0.450. The minimum absolute atomic E-state index is 0.0160. The molecule has 0 unspecified atom stereocenters. The van der Waals surface area contributed by atoms with Gasteiger partial charge < -0.3 is 15.4 Å². The van der Waals surface area contributed by atoms with Gasteiger partial charge in [-0.3, -0.25) is 0 Å². The summed E-state index contributed by atoms with van der Waals surface area (Å²) in [6, 6.07) is 11.7. The first-order chi connectivity index (χ1) is 14.1. The second-order valence-corrected chi connectivity index (χ2v) is 9.67. The van der Waals surface area contributed by atoms with Gasteiger partial charge in [0, 0.05) is 24.5 Å². The van der Waals surface area contributed by atoms with Crippen LogP contribution in [0.3, 0.4) is 0 Å². The van der Waals surface area contributed by atoms with Gasteiger partial charge in [0.25, 0.3) is 0 Å². The van der Waals surface area contributed by atoms with Crippen molar-refractivity contribution in [1.82, 2.24) is 14.9 Å². The summed E-state index contributed by atoms with van der Waals surface area (Å²) in [4.78, 5) is 5.89. The number of nitrogens with zero attached hydrogens (tertiary/aromatic N) is 2. The van der Waals surface area contributed by atoms with E-state index in [1.807, 2.05) is 42.6 Å². The Labute approximate surface area is 176 Å². The van der Waals surface area contributed by atoms with E-state index in [0.29, 0.717) is 45.4 Å². The molecule has 1 aromatic heterocycles. The molecule has 1 fully saturated rings. The molecule has 3 rings (SSSR count). The van der Waals surface area contributed by atoms with Crippen LogP contribution in [0.15, 0.2) is 46.8 Å². The summed E-state index contributed by atoms with van der Waals surface area (Å²) in [7, 11) is -3.37. The summed E-state index contributed by atoms with van der Waals surface area (Å²) in [5.74, 6) is 0.699. The zero-order chi connectivity index (χ0) is 20.5. The lowest BCUT2D eigenvalue weighted by Gasteiger charge is -2.26. The molecule has 0 radical (unpaired) electrons. The van der Waals surface area contributed by atoms with Crippen molar-refractivity contribution in [2.45, 2.75) is 25.8 Å². The lowest BCUT2D eigenvalue weighted by Crippen LogP contribution is -2.41. The van der Waals surface area contributed by atoms with E-state index in [1.165, 1.54) is 9.18 Å². The molecular weight excluding hydrogens is 408 g/mol. The fourth-order valence-electron chi connectivity index (χ4n) is 3.06. The van der Waals surface area contributed by atoms with Gasteiger partial charge in [0.05, 0.1) is 32.1 Å². The molecule has 1 saturated heterocycles. The van der Waals surface area contributed by atoms with Crippen LogP contribution in [-0.4, -0.2) is 51.5 Å². The predicted octanol–water partition coefficient (Wildman–Crippen LogP) is 2.17. The standard InChI is InChI=1S/C20H28N4O3S2/c1-2-21-20(23-15-19-8-5-13-28-19)22-14-17-6-3-4-7-18(17)16-29(25,26)24-9-11-27-12-10-24/h3-8,13H,2,9-12,14-16H2,1H3,(H2,21,22,23). The van der Waals surface area contributed by atoms with Gasteiger partial charge in [0.2, 0.25) is 10.0 Å². The molecule has 7 nitrogen and oxygen atoms in total. The maximum Gasteiger partial charge on any atom is 0.218 e. The highest BCUT2D eigenvalue weighted by atomic mass is 32.2. The van der Waals surface area contributed by atoms with Crippen LogP contribution in [0.2, 0.25) is 0 Å². The van der Waals surface area contributed by atoms with Gasteiger partial charge >= 0.3 is 0 Å². The zero-order valence-electron chi connectivity index (χ0n) is 16.6. The molecule has 2 heterocycles. The maximum absolute atomic E-state index is 12.8. The average molecular weight is 437 g/mol. The van der Waals surface area contributed by atoms with Crippen LogP contribution in [0.25, 0.3) is 0 Å². The van der Waals surface area contributed by atoms with Crippen LogP contribution < -0.4 is 10.6 Å². The van der Waals surface area contributed by atoms with Crippen molar-refractivity contribution in [2.24, 2.45) is 4.99 Å². The highest BCUT2D eigenvalue weighted by molar-refractivity contribution is 7.88. The smallest absolute Gasteiger partial charge is 0.218 e. The summed E-state index contributed by atoms with van der Waals surface area (Å²) in [5.41, 5.74) is 1.70. The molecule has 0 spiro atoms. The number of guanidine groups is 1. The summed E-state index contributed by atoms with van der Waals surface area (Å²) in [5, 5.41) is 8.61. The Balaban J connectivity index is 1.68. The number of thiophene rings is 1. The first-order valence-electron chi connectivity index (χ1n) is 9.75. The van der Waals surface area contributed by atoms with Crippen LogP contribution in [0.5, 0.6) is 0 Å². The van der Waals surface area contributed by atoms with Gasteiger partial charge in [-0.1, -0.05) is 30.3 Å². The molecule has 0 aliphatic carbocycles. The third kappa shape index (κ3) is 6.53. The zero-order valence-corrected chi connectivity index (χ0v) is 18.3. The van der Waals surface area contributed by atoms with Crippen molar-refractivity contribution in [3.05, 3.63) is 57.8 Å². The Morgan fingerprint density at radius 1 is 1.14 bits per heavy atom. The number of benzene rings is 1. The van der Waals surface area contributed by atoms with Gasteiger partial charge in [-0.2, -0.15) is 4.31 Å². The number of aliphatic imine (C=N–C) groups is 1. The number of morpholine rings is 1. The lowest BCUT2D eigenvalue weighted by atomic mass is 10.1. The monoisotopic (exact) mass is 436 g/mol. The van der Waals surface area contributed by atoms with Crippen molar-refractivity contribution < 1.29 is 13.2 Å². The third-order valence-corrected chi connectivity index (χ3v) is 7.29. The first kappa shape index (κ1) is 21.8. The molecule has 1 aromatic carbocycles. The Morgan fingerprint density at radius 2 is 1.90 bits per heavy atom. The highest BCUT2D eigenvalue weighted by Crippen LogP contribution is 2.17. The fourth-order valence-corrected chi connectivity index (χ4v) is 5.26. The maximum atomic E-state index is 12.8. The Hall–Kier alpha value is -1.94. The van der Waals surface area contributed by atoms with Gasteiger partial charge in [-0.25, -0.2) is 13.4 Å². The van der Waals surface area contributed by atoms with Gasteiger partial charge in [0.1, 0.15) is 0 Å². The number of rotatable bonds is 8. The van der Waals surface area contributed by atoms with Crippen LogP contribution in [0, 0.1) is 0 Å². The van der Waals surface area contributed by atoms with E-state index in [0.717, 1.165) is 17.7 Å². The second kappa shape index (κ2) is 10.7. The normalized spacial score (nSPS) is 16.0. The Bertz CT molecular complexity index is 892. The molecule has 0 atom stereocenters. The van der Waals surface area contributed by atoms with Crippen LogP contribution >= 0.6 is 11.3 Å². The molecule has 0 saturated carbocycles. The minimum atomic E-state index is -3.37. The van der Waals surface area contributed by atoms with Gasteiger partial charge in [-0.15, -0.1) is 11.3 Å². The third-order valence-electron chi connectivity index (χ3n) is 4.58. The van der Waals surface area contributed by atoms with Crippen LogP contribution in [-0.2, 0) is 33.6 Å². The van der Waals surface area contributed by atoms with E-state index in [9.17, 15) is 8.42 Å². The van der Waals surface area contributed by atoms with Crippen LogP contribution in [0.1, 0.15) is 22.9 Å². The van der Waals surface area contributed by atoms with Crippen molar-refractivity contribution in [2.75, 3.05) is 32.8 Å². The van der Waals surface area contributed by atoms with Crippen molar-refractivity contribution >= 4 is 27.3 Å². The molecule has 9 heteroatoms. The van der Waals surface area contributed by atoms with Crippen molar-refractivity contribution in [3.8, 4) is 0 Å². The molecular formula is C20H28N4O3S2. The summed E-state index contributed by atoms with van der Waals surface area (Å²) in [6.45, 7) is 5.62. The Kier molecular flexibility index (Phi) is 8.05. The first-order valence-corrected chi connectivity index (χ1v) is 12.2. The lowest BCUT2D eigenvalue weighted by molar-refractivity contribution is 0.0729. The van der Waals surface area contributed by atoms with Gasteiger partial charge in [0.15, 0.2) is 5.96 Å². The molecule has 158 valence electrons. The van der Waals surface area contributed by atoms with E-state index in [1.54, 1.807) is 11.3 Å². The Morgan fingerprint density at radius 3 is 2.59 bits per heavy atom. The van der Waals surface area contributed by atoms with Crippen molar-refractivity contribution in [3.63, 3.8) is 0 Å². The van der Waals surface area contributed by atoms with Crippen LogP contribution in [0.4, 0.5) is 0 Å². The SMILES string of the molecule is CCNC(=NCc1ccccc1CS(=O)(=O)N1CCOCC1)NCc1cccs1. The predicted molar refractivity (Wildman–Crippen MR) is 117 cm³/mol. The molecule has 2 aromatic rings. The topological polar surface area (TPSA) is 83.0 Å². The molecule has 2 N–H and O–H groups in total. The summed E-state index contributed by atoms with van der Waals surface area (Å²) < 4.78 is 32.4. The molecule has 0 amide bonds. The average Bonchev–Trinajstić information content (AvgIpc) is 3.25. The quantitative estimate of drug-likeness (QED) is 0.490. The van der Waals surface area contributed by atoms with E-state index in [4.69, 9.17) is 4.74 Å². The summed E-state index contributed by atoms with van der Waals surface area (Å²) in [6.07, 6.45) is 0. The number of hydrogen-bond donors (Lipinski definition) is 2. The minimum Gasteiger partial charge on any atom is -0.379 e. The van der Waals surface area contributed by atoms with Crippen molar-refractivity contribution in [1.29, 1.82) is 0 Å². The number of sulfonamides is 1. The molecule has 29 heavy (non-hydrogen) atoms. The number of nitrogens with one attached hydrogen (secondary N) is 2. The largest absolute Gasteiger partial charge is 0.379 e. The second-order valence-electron chi connectivity index (χ2n) is 6.66. The molecule has 0 bridgehead atoms. The van der Waals surface area contributed by atoms with E-state index < -0.39 is 10.0 Å². The van der Waals surface area contributed by atoms with E-state index in [-0.39, 0.29) is 5.75 Å². The van der Waals surface area contributed by atoms with E-state index in [2.05, 4.69) is 21.7 Å². The molecule has 1 aliphatic rings.